The Morgan fingerprint density at radius 1 is 1.50 bits per heavy atom. The zero-order chi connectivity index (χ0) is 8.81. The fraction of sp³-hybridized carbons (Fsp3) is 0.625. The van der Waals surface area contributed by atoms with Crippen LogP contribution in [0.1, 0.15) is 31.9 Å². The molecule has 0 unspecified atom stereocenters. The number of hydrogen-bond acceptors (Lipinski definition) is 3. The molecule has 12 heavy (non-hydrogen) atoms. The van der Waals surface area contributed by atoms with E-state index in [9.17, 15) is 4.79 Å². The van der Waals surface area contributed by atoms with Crippen molar-refractivity contribution < 1.29 is 0 Å². The highest BCUT2D eigenvalue weighted by Crippen LogP contribution is 1.99. The number of hydrogen-bond donors (Lipinski definition) is 1. The van der Waals surface area contributed by atoms with E-state index >= 15 is 0 Å². The summed E-state index contributed by atoms with van der Waals surface area (Å²) in [4.78, 5) is 14.5. The van der Waals surface area contributed by atoms with Crippen molar-refractivity contribution in [3.8, 4) is 0 Å². The highest BCUT2D eigenvalue weighted by molar-refractivity contribution is 4.91. The van der Waals surface area contributed by atoms with E-state index in [4.69, 9.17) is 0 Å². The largest absolute Gasteiger partial charge is 0.361 e. The molecule has 0 saturated carbocycles. The molecular formula is C8H13N3O. The van der Waals surface area contributed by atoms with Crippen molar-refractivity contribution in [1.82, 2.24) is 15.2 Å². The Hall–Kier alpha value is -1.19. The summed E-state index contributed by atoms with van der Waals surface area (Å²) in [6.45, 7) is 2.14. The fourth-order valence-electron chi connectivity index (χ4n) is 1.02. The van der Waals surface area contributed by atoms with E-state index in [0.717, 1.165) is 18.5 Å². The predicted octanol–water partition coefficient (Wildman–Crippen LogP) is 0.898. The van der Waals surface area contributed by atoms with Crippen molar-refractivity contribution in [2.75, 3.05) is 0 Å². The van der Waals surface area contributed by atoms with Gasteiger partial charge in [-0.1, -0.05) is 19.8 Å². The number of nitrogens with one attached hydrogen (secondary N) is 1. The number of rotatable bonds is 4. The van der Waals surface area contributed by atoms with E-state index < -0.39 is 0 Å². The summed E-state index contributed by atoms with van der Waals surface area (Å²) in [5.41, 5.74) is 0.427. The smallest absolute Gasteiger partial charge is 0.244 e. The third kappa shape index (κ3) is 2.82. The Bertz CT molecular complexity index is 282. The fourth-order valence-corrected chi connectivity index (χ4v) is 1.02. The van der Waals surface area contributed by atoms with Crippen LogP contribution >= 0.6 is 0 Å². The molecule has 4 heteroatoms. The van der Waals surface area contributed by atoms with Gasteiger partial charge in [0.05, 0.1) is 11.9 Å². The molecule has 0 aliphatic carbocycles. The van der Waals surface area contributed by atoms with E-state index in [1.165, 1.54) is 12.8 Å². The summed E-state index contributed by atoms with van der Waals surface area (Å²) in [5, 5.41) is 5.91. The van der Waals surface area contributed by atoms with Gasteiger partial charge in [0.1, 0.15) is 0 Å². The maximum absolute atomic E-state index is 10.7. The molecule has 4 nitrogen and oxygen atoms in total. The van der Waals surface area contributed by atoms with Crippen molar-refractivity contribution in [2.24, 2.45) is 0 Å². The molecule has 0 aromatic carbocycles. The van der Waals surface area contributed by atoms with E-state index in [1.807, 2.05) is 0 Å². The molecule has 0 aliphatic heterocycles. The number of aryl methyl sites for hydroxylation is 1. The molecule has 0 bridgehead atoms. The van der Waals surface area contributed by atoms with Gasteiger partial charge >= 0.3 is 5.69 Å². The van der Waals surface area contributed by atoms with Gasteiger partial charge in [0.25, 0.3) is 0 Å². The second kappa shape index (κ2) is 4.64. The van der Waals surface area contributed by atoms with E-state index in [0.29, 0.717) is 0 Å². The Morgan fingerprint density at radius 2 is 2.33 bits per heavy atom. The minimum absolute atomic E-state index is 0.357. The van der Waals surface area contributed by atoms with Crippen molar-refractivity contribution in [3.05, 3.63) is 22.4 Å². The second-order valence-corrected chi connectivity index (χ2v) is 2.74. The van der Waals surface area contributed by atoms with Crippen LogP contribution in [0.15, 0.2) is 11.0 Å². The topological polar surface area (TPSA) is 58.6 Å². The lowest BCUT2D eigenvalue weighted by Gasteiger charge is -1.96. The first kappa shape index (κ1) is 8.90. The van der Waals surface area contributed by atoms with Gasteiger partial charge in [-0.3, -0.25) is 0 Å². The SMILES string of the molecule is CCCCCc1cn[nH]c(=O)n1. The first-order chi connectivity index (χ1) is 5.83. The molecule has 0 saturated heterocycles. The maximum Gasteiger partial charge on any atom is 0.361 e. The number of nitrogens with zero attached hydrogens (tertiary/aromatic N) is 2. The summed E-state index contributed by atoms with van der Waals surface area (Å²) in [7, 11) is 0. The first-order valence-electron chi connectivity index (χ1n) is 4.23. The maximum atomic E-state index is 10.7. The Morgan fingerprint density at radius 3 is 3.00 bits per heavy atom. The van der Waals surface area contributed by atoms with Crippen LogP contribution in [-0.2, 0) is 6.42 Å². The van der Waals surface area contributed by atoms with Gasteiger partial charge in [-0.2, -0.15) is 10.1 Å². The zero-order valence-corrected chi connectivity index (χ0v) is 7.21. The molecule has 1 rings (SSSR count). The normalized spacial score (nSPS) is 10.1. The monoisotopic (exact) mass is 167 g/mol. The van der Waals surface area contributed by atoms with Gasteiger partial charge in [0.2, 0.25) is 0 Å². The van der Waals surface area contributed by atoms with Gasteiger partial charge in [-0.25, -0.2) is 9.89 Å². The molecule has 66 valence electrons. The van der Waals surface area contributed by atoms with Crippen LogP contribution in [0.25, 0.3) is 0 Å². The lowest BCUT2D eigenvalue weighted by molar-refractivity contribution is 0.696. The van der Waals surface area contributed by atoms with Gasteiger partial charge < -0.3 is 0 Å². The molecule has 1 heterocycles. The Balaban J connectivity index is 2.47. The lowest BCUT2D eigenvalue weighted by Crippen LogP contribution is -2.13. The summed E-state index contributed by atoms with van der Waals surface area (Å²) < 4.78 is 0. The Kier molecular flexibility index (Phi) is 3.44. The van der Waals surface area contributed by atoms with Crippen LogP contribution < -0.4 is 5.69 Å². The first-order valence-corrected chi connectivity index (χ1v) is 4.23. The van der Waals surface area contributed by atoms with Crippen molar-refractivity contribution in [2.45, 2.75) is 32.6 Å². The summed E-state index contributed by atoms with van der Waals surface area (Å²) >= 11 is 0. The molecule has 0 aliphatic rings. The molecule has 0 amide bonds. The van der Waals surface area contributed by atoms with Crippen LogP contribution in [0.4, 0.5) is 0 Å². The van der Waals surface area contributed by atoms with Gasteiger partial charge in [-0.05, 0) is 12.8 Å². The summed E-state index contributed by atoms with van der Waals surface area (Å²) in [6.07, 6.45) is 5.89. The molecular weight excluding hydrogens is 154 g/mol. The minimum Gasteiger partial charge on any atom is -0.244 e. The van der Waals surface area contributed by atoms with Crippen LogP contribution in [0, 0.1) is 0 Å². The Labute approximate surface area is 71.0 Å². The molecule has 0 radical (unpaired) electrons. The average molecular weight is 167 g/mol. The lowest BCUT2D eigenvalue weighted by atomic mass is 10.2. The van der Waals surface area contributed by atoms with Gasteiger partial charge in [0.15, 0.2) is 0 Å². The van der Waals surface area contributed by atoms with Crippen LogP contribution in [0.5, 0.6) is 0 Å². The van der Waals surface area contributed by atoms with Gasteiger partial charge in [-0.15, -0.1) is 0 Å². The molecule has 0 atom stereocenters. The third-order valence-electron chi connectivity index (χ3n) is 1.66. The third-order valence-corrected chi connectivity index (χ3v) is 1.66. The second-order valence-electron chi connectivity index (χ2n) is 2.74. The van der Waals surface area contributed by atoms with E-state index in [-0.39, 0.29) is 5.69 Å². The van der Waals surface area contributed by atoms with E-state index in [1.54, 1.807) is 6.20 Å². The van der Waals surface area contributed by atoms with Crippen molar-refractivity contribution in [1.29, 1.82) is 0 Å². The van der Waals surface area contributed by atoms with Gasteiger partial charge in [0, 0.05) is 0 Å². The average Bonchev–Trinajstić information content (AvgIpc) is 2.05. The molecule has 1 aromatic rings. The zero-order valence-electron chi connectivity index (χ0n) is 7.21. The number of unbranched alkanes of at least 4 members (excludes halogenated alkanes) is 2. The molecule has 0 fully saturated rings. The quantitative estimate of drug-likeness (QED) is 0.678. The number of aromatic nitrogens is 3. The molecule has 1 aromatic heterocycles. The highest BCUT2D eigenvalue weighted by atomic mass is 16.1. The van der Waals surface area contributed by atoms with Crippen LogP contribution in [0.2, 0.25) is 0 Å². The minimum atomic E-state index is -0.357. The van der Waals surface area contributed by atoms with Crippen LogP contribution in [0.3, 0.4) is 0 Å². The standard InChI is InChI=1S/C8H13N3O/c1-2-3-4-5-7-6-9-11-8(12)10-7/h6H,2-5H2,1H3,(H,10,11,12). The molecule has 0 spiro atoms. The predicted molar refractivity (Wildman–Crippen MR) is 45.9 cm³/mol. The van der Waals surface area contributed by atoms with E-state index in [2.05, 4.69) is 22.1 Å². The summed E-state index contributed by atoms with van der Waals surface area (Å²) in [5.74, 6) is 0. The number of aromatic amines is 1. The van der Waals surface area contributed by atoms with Crippen LogP contribution in [-0.4, -0.2) is 15.2 Å². The summed E-state index contributed by atoms with van der Waals surface area (Å²) in [6, 6.07) is 0. The number of H-pyrrole nitrogens is 1. The van der Waals surface area contributed by atoms with Crippen molar-refractivity contribution in [3.63, 3.8) is 0 Å². The van der Waals surface area contributed by atoms with Crippen molar-refractivity contribution >= 4 is 0 Å². The molecule has 1 N–H and O–H groups in total. The highest BCUT2D eigenvalue weighted by Gasteiger charge is 1.94.